The van der Waals surface area contributed by atoms with Crippen molar-refractivity contribution in [3.63, 3.8) is 0 Å². The van der Waals surface area contributed by atoms with Gasteiger partial charge in [-0.25, -0.2) is 0 Å². The zero-order valence-electron chi connectivity index (χ0n) is 12.2. The van der Waals surface area contributed by atoms with Crippen LogP contribution in [0.25, 0.3) is 0 Å². The van der Waals surface area contributed by atoms with Gasteiger partial charge in [0.25, 0.3) is 0 Å². The fraction of sp³-hybridized carbons (Fsp3) is 1.00. The van der Waals surface area contributed by atoms with Crippen molar-refractivity contribution in [1.82, 2.24) is 9.80 Å². The Hall–Kier alpha value is -0.120. The van der Waals surface area contributed by atoms with Crippen molar-refractivity contribution < 1.29 is 5.11 Å². The Kier molecular flexibility index (Phi) is 5.05. The Morgan fingerprint density at radius 1 is 1.00 bits per heavy atom. The van der Waals surface area contributed by atoms with Crippen molar-refractivity contribution in [3.8, 4) is 0 Å². The molecule has 0 radical (unpaired) electrons. The van der Waals surface area contributed by atoms with Crippen LogP contribution in [0.2, 0.25) is 0 Å². The molecule has 2 saturated heterocycles. The maximum atomic E-state index is 9.35. The van der Waals surface area contributed by atoms with E-state index in [9.17, 15) is 5.11 Å². The number of hydrogen-bond donors (Lipinski definition) is 1. The third kappa shape index (κ3) is 3.94. The molecular weight excluding hydrogens is 224 g/mol. The number of aliphatic hydroxyl groups is 1. The quantitative estimate of drug-likeness (QED) is 0.831. The van der Waals surface area contributed by atoms with E-state index in [0.29, 0.717) is 6.61 Å². The first-order valence-corrected chi connectivity index (χ1v) is 7.68. The van der Waals surface area contributed by atoms with Crippen LogP contribution in [0.5, 0.6) is 0 Å². The minimum absolute atomic E-state index is 0.0535. The van der Waals surface area contributed by atoms with Crippen LogP contribution < -0.4 is 0 Å². The summed E-state index contributed by atoms with van der Waals surface area (Å²) in [6.07, 6.45) is 6.87. The molecule has 0 amide bonds. The fourth-order valence-corrected chi connectivity index (χ4v) is 3.38. The molecule has 18 heavy (non-hydrogen) atoms. The second-order valence-corrected chi connectivity index (χ2v) is 6.93. The maximum Gasteiger partial charge on any atom is 0.0494 e. The summed E-state index contributed by atoms with van der Waals surface area (Å²) in [7, 11) is 0. The summed E-state index contributed by atoms with van der Waals surface area (Å²) in [5.41, 5.74) is 0.0535. The van der Waals surface area contributed by atoms with Gasteiger partial charge < -0.3 is 14.9 Å². The van der Waals surface area contributed by atoms with Gasteiger partial charge in [-0.05, 0) is 51.9 Å². The van der Waals surface area contributed by atoms with Gasteiger partial charge in [-0.1, -0.05) is 20.3 Å². The lowest BCUT2D eigenvalue weighted by atomic mass is 9.92. The standard InChI is InChI=1S/C15H30N2O/c1-15(2,13-18)12-16-10-6-14(7-11-16)17-8-4-3-5-9-17/h14,18H,3-13H2,1-2H3. The third-order valence-electron chi connectivity index (χ3n) is 4.54. The highest BCUT2D eigenvalue weighted by Crippen LogP contribution is 2.23. The minimum Gasteiger partial charge on any atom is -0.396 e. The van der Waals surface area contributed by atoms with Crippen molar-refractivity contribution in [2.45, 2.75) is 52.0 Å². The Labute approximate surface area is 112 Å². The molecule has 2 aliphatic rings. The molecule has 3 nitrogen and oxygen atoms in total. The topological polar surface area (TPSA) is 26.7 Å². The van der Waals surface area contributed by atoms with E-state index in [4.69, 9.17) is 0 Å². The molecule has 106 valence electrons. The highest BCUT2D eigenvalue weighted by Gasteiger charge is 2.28. The van der Waals surface area contributed by atoms with Crippen LogP contribution in [-0.4, -0.2) is 60.3 Å². The van der Waals surface area contributed by atoms with Gasteiger partial charge in [-0.3, -0.25) is 0 Å². The van der Waals surface area contributed by atoms with Crippen LogP contribution in [0.3, 0.4) is 0 Å². The largest absolute Gasteiger partial charge is 0.396 e. The average molecular weight is 254 g/mol. The van der Waals surface area contributed by atoms with Gasteiger partial charge in [0.05, 0.1) is 0 Å². The van der Waals surface area contributed by atoms with Crippen LogP contribution in [0.4, 0.5) is 0 Å². The van der Waals surface area contributed by atoms with Gasteiger partial charge in [0.1, 0.15) is 0 Å². The zero-order chi connectivity index (χ0) is 13.0. The smallest absolute Gasteiger partial charge is 0.0494 e. The number of aliphatic hydroxyl groups excluding tert-OH is 1. The van der Waals surface area contributed by atoms with Gasteiger partial charge >= 0.3 is 0 Å². The number of piperidine rings is 2. The van der Waals surface area contributed by atoms with Crippen molar-refractivity contribution >= 4 is 0 Å². The van der Waals surface area contributed by atoms with Gasteiger partial charge in [-0.2, -0.15) is 0 Å². The van der Waals surface area contributed by atoms with E-state index in [-0.39, 0.29) is 5.41 Å². The minimum atomic E-state index is 0.0535. The first-order chi connectivity index (χ1) is 8.61. The summed E-state index contributed by atoms with van der Waals surface area (Å²) in [5.74, 6) is 0. The summed E-state index contributed by atoms with van der Waals surface area (Å²) in [4.78, 5) is 5.26. The second-order valence-electron chi connectivity index (χ2n) is 6.93. The molecule has 1 N–H and O–H groups in total. The van der Waals surface area contributed by atoms with E-state index in [1.54, 1.807) is 0 Å². The molecule has 2 heterocycles. The van der Waals surface area contributed by atoms with Crippen LogP contribution in [0.1, 0.15) is 46.0 Å². The maximum absolute atomic E-state index is 9.35. The molecule has 0 bridgehead atoms. The van der Waals surface area contributed by atoms with E-state index in [0.717, 1.165) is 12.6 Å². The Bertz CT molecular complexity index is 241. The van der Waals surface area contributed by atoms with E-state index < -0.39 is 0 Å². The summed E-state index contributed by atoms with van der Waals surface area (Å²) in [6.45, 7) is 10.7. The van der Waals surface area contributed by atoms with Crippen molar-refractivity contribution in [2.24, 2.45) is 5.41 Å². The Morgan fingerprint density at radius 2 is 1.61 bits per heavy atom. The number of rotatable bonds is 4. The molecule has 0 unspecified atom stereocenters. The highest BCUT2D eigenvalue weighted by molar-refractivity contribution is 4.83. The van der Waals surface area contributed by atoms with Crippen molar-refractivity contribution in [2.75, 3.05) is 39.3 Å². The molecule has 2 rings (SSSR count). The van der Waals surface area contributed by atoms with E-state index in [1.807, 2.05) is 0 Å². The summed E-state index contributed by atoms with van der Waals surface area (Å²) >= 11 is 0. The van der Waals surface area contributed by atoms with E-state index in [1.165, 1.54) is 58.3 Å². The van der Waals surface area contributed by atoms with Crippen LogP contribution >= 0.6 is 0 Å². The molecule has 2 fully saturated rings. The van der Waals surface area contributed by atoms with Gasteiger partial charge in [0, 0.05) is 24.6 Å². The van der Waals surface area contributed by atoms with Gasteiger partial charge in [0.2, 0.25) is 0 Å². The lowest BCUT2D eigenvalue weighted by molar-refractivity contribution is 0.0555. The molecular formula is C15H30N2O. The molecule has 2 aliphatic heterocycles. The lowest BCUT2D eigenvalue weighted by Crippen LogP contribution is -2.48. The highest BCUT2D eigenvalue weighted by atomic mass is 16.3. The van der Waals surface area contributed by atoms with Crippen molar-refractivity contribution in [3.05, 3.63) is 0 Å². The molecule has 0 spiro atoms. The average Bonchev–Trinajstić information content (AvgIpc) is 2.40. The fourth-order valence-electron chi connectivity index (χ4n) is 3.38. The SMILES string of the molecule is CC(C)(CO)CN1CCC(N2CCCCC2)CC1. The second kappa shape index (κ2) is 6.36. The van der Waals surface area contributed by atoms with E-state index >= 15 is 0 Å². The molecule has 0 atom stereocenters. The summed E-state index contributed by atoms with van der Waals surface area (Å²) in [6, 6.07) is 0.832. The first-order valence-electron chi connectivity index (χ1n) is 7.68. The monoisotopic (exact) mass is 254 g/mol. The Balaban J connectivity index is 1.74. The third-order valence-corrected chi connectivity index (χ3v) is 4.54. The Morgan fingerprint density at radius 3 is 2.17 bits per heavy atom. The zero-order valence-corrected chi connectivity index (χ0v) is 12.2. The molecule has 3 heteroatoms. The predicted octanol–water partition coefficient (Wildman–Crippen LogP) is 1.96. The summed E-state index contributed by atoms with van der Waals surface area (Å²) < 4.78 is 0. The van der Waals surface area contributed by atoms with Crippen LogP contribution in [0, 0.1) is 5.41 Å². The van der Waals surface area contributed by atoms with Gasteiger partial charge in [-0.15, -0.1) is 0 Å². The molecule has 0 aromatic rings. The van der Waals surface area contributed by atoms with Crippen molar-refractivity contribution in [1.29, 1.82) is 0 Å². The predicted molar refractivity (Wildman–Crippen MR) is 75.8 cm³/mol. The number of hydrogen-bond acceptors (Lipinski definition) is 3. The summed E-state index contributed by atoms with van der Waals surface area (Å²) in [5, 5.41) is 9.35. The lowest BCUT2D eigenvalue weighted by Gasteiger charge is -2.42. The first kappa shape index (κ1) is 14.3. The molecule has 0 aliphatic carbocycles. The number of likely N-dealkylation sites (tertiary alicyclic amines) is 2. The normalized spacial score (nSPS) is 25.5. The molecule has 0 aromatic heterocycles. The van der Waals surface area contributed by atoms with Crippen LogP contribution in [-0.2, 0) is 0 Å². The van der Waals surface area contributed by atoms with Crippen LogP contribution in [0.15, 0.2) is 0 Å². The van der Waals surface area contributed by atoms with E-state index in [2.05, 4.69) is 23.6 Å². The number of nitrogens with zero attached hydrogens (tertiary/aromatic N) is 2. The molecule has 0 saturated carbocycles. The molecule has 0 aromatic carbocycles. The van der Waals surface area contributed by atoms with Gasteiger partial charge in [0.15, 0.2) is 0 Å².